The summed E-state index contributed by atoms with van der Waals surface area (Å²) in [5, 5.41) is 9.15. The van der Waals surface area contributed by atoms with Crippen LogP contribution in [-0.4, -0.2) is 34.0 Å². The van der Waals surface area contributed by atoms with Crippen LogP contribution < -0.4 is 16.0 Å². The van der Waals surface area contributed by atoms with E-state index in [4.69, 9.17) is 0 Å². The number of amides is 1. The second kappa shape index (κ2) is 7.59. The predicted molar refractivity (Wildman–Crippen MR) is 89.5 cm³/mol. The summed E-state index contributed by atoms with van der Waals surface area (Å²) in [7, 11) is 0. The lowest BCUT2D eigenvalue weighted by molar-refractivity contribution is -0.122. The Morgan fingerprint density at radius 3 is 2.67 bits per heavy atom. The quantitative estimate of drug-likeness (QED) is 0.729. The lowest BCUT2D eigenvalue weighted by Crippen LogP contribution is -2.47. The number of aromatic nitrogens is 2. The molecule has 0 aliphatic heterocycles. The Kier molecular flexibility index (Phi) is 6.39. The number of hydrogen-bond donors (Lipinski definition) is 3. The molecule has 118 valence electrons. The third kappa shape index (κ3) is 6.29. The maximum Gasteiger partial charge on any atom is 0.242 e. The minimum atomic E-state index is -0.394. The molecule has 0 radical (unpaired) electrons. The average molecular weight is 358 g/mol. The molecule has 0 spiro atoms. The van der Waals surface area contributed by atoms with Gasteiger partial charge in [-0.05, 0) is 50.0 Å². The fraction of sp³-hybridized carbons (Fsp3) is 0.643. The van der Waals surface area contributed by atoms with Crippen LogP contribution in [0, 0.1) is 0 Å². The molecule has 7 heteroatoms. The molecule has 1 aromatic heterocycles. The molecule has 0 saturated carbocycles. The summed E-state index contributed by atoms with van der Waals surface area (Å²) in [6.07, 6.45) is 2.66. The van der Waals surface area contributed by atoms with Crippen molar-refractivity contribution in [2.75, 3.05) is 17.2 Å². The van der Waals surface area contributed by atoms with Crippen molar-refractivity contribution < 1.29 is 4.79 Å². The number of halogens is 1. The number of nitrogens with one attached hydrogen (secondary N) is 3. The third-order valence-electron chi connectivity index (χ3n) is 2.52. The topological polar surface area (TPSA) is 78.9 Å². The van der Waals surface area contributed by atoms with Gasteiger partial charge in [0, 0.05) is 18.3 Å². The van der Waals surface area contributed by atoms with Crippen molar-refractivity contribution in [3.05, 3.63) is 10.7 Å². The van der Waals surface area contributed by atoms with Gasteiger partial charge in [-0.15, -0.1) is 0 Å². The van der Waals surface area contributed by atoms with Crippen molar-refractivity contribution in [1.82, 2.24) is 15.3 Å². The van der Waals surface area contributed by atoms with E-state index >= 15 is 0 Å². The van der Waals surface area contributed by atoms with Crippen LogP contribution in [-0.2, 0) is 4.79 Å². The maximum atomic E-state index is 12.1. The second-order valence-corrected chi connectivity index (χ2v) is 6.78. The van der Waals surface area contributed by atoms with Crippen molar-refractivity contribution >= 4 is 33.6 Å². The highest BCUT2D eigenvalue weighted by Gasteiger charge is 2.20. The van der Waals surface area contributed by atoms with Gasteiger partial charge in [-0.2, -0.15) is 4.98 Å². The SMILES string of the molecule is CCCNc1ncc(Br)c(NC(C)C(=O)NC(C)(C)C)n1. The summed E-state index contributed by atoms with van der Waals surface area (Å²) in [4.78, 5) is 20.6. The van der Waals surface area contributed by atoms with Gasteiger partial charge in [0.05, 0.1) is 4.47 Å². The van der Waals surface area contributed by atoms with Gasteiger partial charge in [0.25, 0.3) is 0 Å². The average Bonchev–Trinajstić information content (AvgIpc) is 2.37. The van der Waals surface area contributed by atoms with Gasteiger partial charge in [0.1, 0.15) is 11.9 Å². The molecule has 1 rings (SSSR count). The molecule has 1 atom stereocenters. The molecular formula is C14H24BrN5O. The third-order valence-corrected chi connectivity index (χ3v) is 3.10. The largest absolute Gasteiger partial charge is 0.358 e. The van der Waals surface area contributed by atoms with Gasteiger partial charge in [0.2, 0.25) is 11.9 Å². The molecule has 21 heavy (non-hydrogen) atoms. The molecule has 6 nitrogen and oxygen atoms in total. The van der Waals surface area contributed by atoms with Crippen LogP contribution in [0.2, 0.25) is 0 Å². The highest BCUT2D eigenvalue weighted by molar-refractivity contribution is 9.10. The molecule has 0 aliphatic carbocycles. The lowest BCUT2D eigenvalue weighted by Gasteiger charge is -2.24. The zero-order valence-electron chi connectivity index (χ0n) is 13.2. The van der Waals surface area contributed by atoms with E-state index in [0.717, 1.165) is 17.4 Å². The Morgan fingerprint density at radius 2 is 2.10 bits per heavy atom. The summed E-state index contributed by atoms with van der Waals surface area (Å²) in [6.45, 7) is 10.5. The first kappa shape index (κ1) is 17.7. The second-order valence-electron chi connectivity index (χ2n) is 5.92. The Balaban J connectivity index is 2.74. The van der Waals surface area contributed by atoms with Crippen molar-refractivity contribution in [3.8, 4) is 0 Å². The van der Waals surface area contributed by atoms with Crippen LogP contribution in [0.5, 0.6) is 0 Å². The Hall–Kier alpha value is -1.37. The number of carbonyl (C=O) groups excluding carboxylic acids is 1. The Labute approximate surface area is 134 Å². The molecule has 0 aromatic carbocycles. The maximum absolute atomic E-state index is 12.1. The number of hydrogen-bond acceptors (Lipinski definition) is 5. The number of anilines is 2. The van der Waals surface area contributed by atoms with Crippen molar-refractivity contribution in [2.45, 2.75) is 52.6 Å². The van der Waals surface area contributed by atoms with Crippen LogP contribution in [0.15, 0.2) is 10.7 Å². The standard InChI is InChI=1S/C14H24BrN5O/c1-6-7-16-13-17-8-10(15)11(19-13)18-9(2)12(21)20-14(3,4)5/h8-9H,6-7H2,1-5H3,(H,20,21)(H2,16,17,18,19). The van der Waals surface area contributed by atoms with Gasteiger partial charge in [-0.3, -0.25) is 4.79 Å². The molecule has 1 aromatic rings. The van der Waals surface area contributed by atoms with Crippen LogP contribution in [0.3, 0.4) is 0 Å². The molecule has 1 unspecified atom stereocenters. The Bertz CT molecular complexity index is 487. The number of carbonyl (C=O) groups is 1. The molecule has 0 bridgehead atoms. The van der Waals surface area contributed by atoms with Crippen LogP contribution in [0.25, 0.3) is 0 Å². The molecule has 1 amide bonds. The summed E-state index contributed by atoms with van der Waals surface area (Å²) < 4.78 is 0.722. The van der Waals surface area contributed by atoms with Crippen LogP contribution in [0.1, 0.15) is 41.0 Å². The smallest absolute Gasteiger partial charge is 0.242 e. The van der Waals surface area contributed by atoms with Gasteiger partial charge >= 0.3 is 0 Å². The van der Waals surface area contributed by atoms with E-state index < -0.39 is 6.04 Å². The summed E-state index contributed by atoms with van der Waals surface area (Å²) in [5.74, 6) is 1.07. The minimum absolute atomic E-state index is 0.0731. The van der Waals surface area contributed by atoms with E-state index in [-0.39, 0.29) is 11.4 Å². The first-order valence-corrected chi connectivity index (χ1v) is 7.87. The molecule has 0 aliphatic rings. The van der Waals surface area contributed by atoms with E-state index in [1.165, 1.54) is 0 Å². The molecule has 0 fully saturated rings. The lowest BCUT2D eigenvalue weighted by atomic mass is 10.1. The van der Waals surface area contributed by atoms with Gasteiger partial charge in [-0.1, -0.05) is 6.92 Å². The summed E-state index contributed by atoms with van der Waals surface area (Å²) in [6, 6.07) is -0.394. The monoisotopic (exact) mass is 357 g/mol. The van der Waals surface area contributed by atoms with Gasteiger partial charge in [-0.25, -0.2) is 4.98 Å². The van der Waals surface area contributed by atoms with Crippen molar-refractivity contribution in [3.63, 3.8) is 0 Å². The van der Waals surface area contributed by atoms with Gasteiger partial charge in [0.15, 0.2) is 0 Å². The molecule has 1 heterocycles. The van der Waals surface area contributed by atoms with E-state index in [2.05, 4.69) is 48.8 Å². The number of nitrogens with zero attached hydrogens (tertiary/aromatic N) is 2. The highest BCUT2D eigenvalue weighted by atomic mass is 79.9. The summed E-state index contributed by atoms with van der Waals surface area (Å²) in [5.41, 5.74) is -0.260. The molecule has 0 saturated heterocycles. The van der Waals surface area contributed by atoms with E-state index in [9.17, 15) is 4.79 Å². The van der Waals surface area contributed by atoms with E-state index in [1.54, 1.807) is 13.1 Å². The normalized spacial score (nSPS) is 12.7. The first-order valence-electron chi connectivity index (χ1n) is 7.08. The fourth-order valence-electron chi connectivity index (χ4n) is 1.54. The van der Waals surface area contributed by atoms with Crippen LogP contribution in [0.4, 0.5) is 11.8 Å². The van der Waals surface area contributed by atoms with Crippen molar-refractivity contribution in [1.29, 1.82) is 0 Å². The fourth-order valence-corrected chi connectivity index (χ4v) is 1.84. The van der Waals surface area contributed by atoms with E-state index in [1.807, 2.05) is 20.8 Å². The molecule has 3 N–H and O–H groups in total. The van der Waals surface area contributed by atoms with Crippen molar-refractivity contribution in [2.24, 2.45) is 0 Å². The zero-order valence-corrected chi connectivity index (χ0v) is 14.8. The predicted octanol–water partition coefficient (Wildman–Crippen LogP) is 2.78. The highest BCUT2D eigenvalue weighted by Crippen LogP contribution is 2.21. The molecular weight excluding hydrogens is 334 g/mol. The van der Waals surface area contributed by atoms with Crippen LogP contribution >= 0.6 is 15.9 Å². The number of rotatable bonds is 6. The van der Waals surface area contributed by atoms with E-state index in [0.29, 0.717) is 11.8 Å². The zero-order chi connectivity index (χ0) is 16.0. The Morgan fingerprint density at radius 1 is 1.43 bits per heavy atom. The minimum Gasteiger partial charge on any atom is -0.358 e. The summed E-state index contributed by atoms with van der Waals surface area (Å²) >= 11 is 3.39. The first-order chi connectivity index (χ1) is 9.73. The van der Waals surface area contributed by atoms with Gasteiger partial charge < -0.3 is 16.0 Å².